The second-order valence-electron chi connectivity index (χ2n) is 6.54. The van der Waals surface area contributed by atoms with E-state index >= 15 is 0 Å². The highest BCUT2D eigenvalue weighted by Crippen LogP contribution is 2.24. The fraction of sp³-hybridized carbons (Fsp3) is 0.933. The van der Waals surface area contributed by atoms with Gasteiger partial charge in [0.1, 0.15) is 5.60 Å². The lowest BCUT2D eigenvalue weighted by atomic mass is 9.97. The number of aliphatic hydroxyl groups excluding tert-OH is 1. The lowest BCUT2D eigenvalue weighted by Crippen LogP contribution is -2.36. The Morgan fingerprint density at radius 3 is 2.68 bits per heavy atom. The maximum atomic E-state index is 11.9. The van der Waals surface area contributed by atoms with Gasteiger partial charge < -0.3 is 14.7 Å². The second-order valence-corrected chi connectivity index (χ2v) is 6.54. The average Bonchev–Trinajstić information content (AvgIpc) is 2.76. The number of nitrogens with zero attached hydrogens (tertiary/aromatic N) is 1. The van der Waals surface area contributed by atoms with Gasteiger partial charge in [0.15, 0.2) is 0 Å². The van der Waals surface area contributed by atoms with Gasteiger partial charge in [-0.25, -0.2) is 4.79 Å². The van der Waals surface area contributed by atoms with Crippen LogP contribution in [-0.4, -0.2) is 40.9 Å². The van der Waals surface area contributed by atoms with Crippen LogP contribution >= 0.6 is 0 Å². The smallest absolute Gasteiger partial charge is 0.410 e. The molecule has 0 aliphatic carbocycles. The van der Waals surface area contributed by atoms with Gasteiger partial charge in [0, 0.05) is 19.0 Å². The molecule has 112 valence electrons. The van der Waals surface area contributed by atoms with E-state index in [9.17, 15) is 9.90 Å². The fourth-order valence-corrected chi connectivity index (χ4v) is 2.43. The van der Waals surface area contributed by atoms with E-state index in [1.165, 1.54) is 12.8 Å². The predicted molar refractivity (Wildman–Crippen MR) is 76.1 cm³/mol. The summed E-state index contributed by atoms with van der Waals surface area (Å²) in [5, 5.41) is 10.1. The molecule has 0 radical (unpaired) electrons. The Morgan fingerprint density at radius 2 is 2.11 bits per heavy atom. The third-order valence-corrected chi connectivity index (χ3v) is 3.52. The van der Waals surface area contributed by atoms with E-state index in [4.69, 9.17) is 4.74 Å². The molecule has 0 saturated carbocycles. The Kier molecular flexibility index (Phi) is 6.11. The molecule has 0 bridgehead atoms. The molecule has 0 spiro atoms. The van der Waals surface area contributed by atoms with Crippen molar-refractivity contribution in [1.29, 1.82) is 0 Å². The Hall–Kier alpha value is -0.770. The molecule has 0 aromatic rings. The van der Waals surface area contributed by atoms with E-state index in [2.05, 4.69) is 6.92 Å². The highest BCUT2D eigenvalue weighted by molar-refractivity contribution is 5.68. The molecule has 0 aromatic heterocycles. The number of carbonyl (C=O) groups is 1. The summed E-state index contributed by atoms with van der Waals surface area (Å²) in [6.07, 6.45) is 4.60. The van der Waals surface area contributed by atoms with Crippen molar-refractivity contribution in [1.82, 2.24) is 4.90 Å². The molecule has 1 saturated heterocycles. The van der Waals surface area contributed by atoms with Crippen LogP contribution in [0.2, 0.25) is 0 Å². The average molecular weight is 271 g/mol. The Balaban J connectivity index is 2.34. The number of carbonyl (C=O) groups excluding carboxylic acids is 1. The van der Waals surface area contributed by atoms with Crippen molar-refractivity contribution in [2.75, 3.05) is 13.1 Å². The van der Waals surface area contributed by atoms with Crippen molar-refractivity contribution in [3.8, 4) is 0 Å². The number of rotatable bonds is 5. The van der Waals surface area contributed by atoms with Gasteiger partial charge in [-0.3, -0.25) is 0 Å². The molecule has 1 rings (SSSR count). The Morgan fingerprint density at radius 1 is 1.42 bits per heavy atom. The molecule has 19 heavy (non-hydrogen) atoms. The van der Waals surface area contributed by atoms with E-state index in [0.717, 1.165) is 19.3 Å². The minimum absolute atomic E-state index is 0.212. The van der Waals surface area contributed by atoms with Crippen LogP contribution < -0.4 is 0 Å². The molecular formula is C15H29NO3. The molecule has 0 aromatic carbocycles. The zero-order chi connectivity index (χ0) is 14.5. The van der Waals surface area contributed by atoms with E-state index in [1.54, 1.807) is 4.90 Å². The van der Waals surface area contributed by atoms with Crippen molar-refractivity contribution >= 4 is 6.09 Å². The van der Waals surface area contributed by atoms with Crippen LogP contribution in [0.25, 0.3) is 0 Å². The van der Waals surface area contributed by atoms with Gasteiger partial charge >= 0.3 is 6.09 Å². The summed E-state index contributed by atoms with van der Waals surface area (Å²) in [6, 6.07) is 0. The molecule has 1 amide bonds. The van der Waals surface area contributed by atoms with Gasteiger partial charge in [-0.2, -0.15) is 0 Å². The monoisotopic (exact) mass is 271 g/mol. The van der Waals surface area contributed by atoms with Crippen LogP contribution in [-0.2, 0) is 4.74 Å². The summed E-state index contributed by atoms with van der Waals surface area (Å²) in [5.74, 6) is 0.212. The van der Waals surface area contributed by atoms with E-state index < -0.39 is 5.60 Å². The largest absolute Gasteiger partial charge is 0.444 e. The van der Waals surface area contributed by atoms with Gasteiger partial charge in [-0.15, -0.1) is 0 Å². The number of likely N-dealkylation sites (tertiary alicyclic amines) is 1. The molecule has 1 N–H and O–H groups in total. The van der Waals surface area contributed by atoms with Crippen molar-refractivity contribution < 1.29 is 14.6 Å². The first-order valence-corrected chi connectivity index (χ1v) is 7.49. The highest BCUT2D eigenvalue weighted by Gasteiger charge is 2.32. The molecule has 2 unspecified atom stereocenters. The fourth-order valence-electron chi connectivity index (χ4n) is 2.43. The zero-order valence-electron chi connectivity index (χ0n) is 12.8. The SMILES string of the molecule is CCCCCC(O)C1CCN(C(=O)OC(C)(C)C)C1. The van der Waals surface area contributed by atoms with Gasteiger partial charge in [-0.1, -0.05) is 26.2 Å². The number of hydrogen-bond acceptors (Lipinski definition) is 3. The summed E-state index contributed by atoms with van der Waals surface area (Å²) in [4.78, 5) is 13.6. The van der Waals surface area contributed by atoms with Crippen molar-refractivity contribution in [3.05, 3.63) is 0 Å². The van der Waals surface area contributed by atoms with Crippen molar-refractivity contribution in [3.63, 3.8) is 0 Å². The van der Waals surface area contributed by atoms with E-state index in [-0.39, 0.29) is 18.1 Å². The summed E-state index contributed by atoms with van der Waals surface area (Å²) in [6.45, 7) is 9.10. The number of ether oxygens (including phenoxy) is 1. The lowest BCUT2D eigenvalue weighted by Gasteiger charge is -2.25. The number of aliphatic hydroxyl groups is 1. The molecular weight excluding hydrogens is 242 g/mol. The summed E-state index contributed by atoms with van der Waals surface area (Å²) < 4.78 is 5.35. The molecule has 1 heterocycles. The molecule has 2 atom stereocenters. The van der Waals surface area contributed by atoms with Crippen LogP contribution in [0.3, 0.4) is 0 Å². The normalized spacial score (nSPS) is 21.5. The van der Waals surface area contributed by atoms with Gasteiger partial charge in [0.2, 0.25) is 0 Å². The summed E-state index contributed by atoms with van der Waals surface area (Å²) in [7, 11) is 0. The van der Waals surface area contributed by atoms with E-state index in [0.29, 0.717) is 13.1 Å². The third kappa shape index (κ3) is 5.81. The zero-order valence-corrected chi connectivity index (χ0v) is 12.8. The Labute approximate surface area is 117 Å². The van der Waals surface area contributed by atoms with Crippen LogP contribution in [0.1, 0.15) is 59.8 Å². The minimum atomic E-state index is -0.449. The van der Waals surface area contributed by atoms with E-state index in [1.807, 2.05) is 20.8 Å². The number of hydrogen-bond donors (Lipinski definition) is 1. The van der Waals surface area contributed by atoms with Crippen LogP contribution in [0.4, 0.5) is 4.79 Å². The topological polar surface area (TPSA) is 49.8 Å². The summed E-state index contributed by atoms with van der Waals surface area (Å²) >= 11 is 0. The maximum absolute atomic E-state index is 11.9. The lowest BCUT2D eigenvalue weighted by molar-refractivity contribution is 0.0265. The molecule has 1 aliphatic heterocycles. The van der Waals surface area contributed by atoms with Gasteiger partial charge in [-0.05, 0) is 33.6 Å². The molecule has 4 nitrogen and oxygen atoms in total. The van der Waals surface area contributed by atoms with Crippen LogP contribution in [0.5, 0.6) is 0 Å². The number of amides is 1. The Bertz CT molecular complexity index is 286. The van der Waals surface area contributed by atoms with Crippen molar-refractivity contribution in [2.24, 2.45) is 5.92 Å². The first-order valence-electron chi connectivity index (χ1n) is 7.49. The highest BCUT2D eigenvalue weighted by atomic mass is 16.6. The molecule has 1 fully saturated rings. The first-order chi connectivity index (χ1) is 8.83. The molecule has 1 aliphatic rings. The van der Waals surface area contributed by atoms with Crippen LogP contribution in [0.15, 0.2) is 0 Å². The van der Waals surface area contributed by atoms with Gasteiger partial charge in [0.05, 0.1) is 6.10 Å². The molecule has 4 heteroatoms. The summed E-state index contributed by atoms with van der Waals surface area (Å²) in [5.41, 5.74) is -0.449. The standard InChI is InChI=1S/C15H29NO3/c1-5-6-7-8-13(17)12-9-10-16(11-12)14(18)19-15(2,3)4/h12-13,17H,5-11H2,1-4H3. The van der Waals surface area contributed by atoms with Crippen LogP contribution in [0, 0.1) is 5.92 Å². The first kappa shape index (κ1) is 16.3. The number of unbranched alkanes of at least 4 members (excludes halogenated alkanes) is 2. The third-order valence-electron chi connectivity index (χ3n) is 3.52. The van der Waals surface area contributed by atoms with Gasteiger partial charge in [0.25, 0.3) is 0 Å². The minimum Gasteiger partial charge on any atom is -0.444 e. The second kappa shape index (κ2) is 7.13. The quantitative estimate of drug-likeness (QED) is 0.781. The van der Waals surface area contributed by atoms with Crippen molar-refractivity contribution in [2.45, 2.75) is 71.5 Å². The predicted octanol–water partition coefficient (Wildman–Crippen LogP) is 3.18. The maximum Gasteiger partial charge on any atom is 0.410 e.